The topological polar surface area (TPSA) is 25.0 Å². The van der Waals surface area contributed by atoms with Crippen molar-refractivity contribution < 1.29 is 9.37 Å². The maximum atomic E-state index is 11.1. The second kappa shape index (κ2) is 3.65. The number of fused-ring (bicyclic) bond motifs is 1. The number of aryl methyl sites for hydroxylation is 1. The molecule has 0 atom stereocenters. The van der Waals surface area contributed by atoms with Gasteiger partial charge in [-0.25, -0.2) is 4.58 Å². The Labute approximate surface area is 90.0 Å². The van der Waals surface area contributed by atoms with Crippen LogP contribution in [-0.4, -0.2) is 33.7 Å². The van der Waals surface area contributed by atoms with Crippen LogP contribution >= 0.6 is 0 Å². The molecule has 0 spiro atoms. The van der Waals surface area contributed by atoms with Crippen LogP contribution in [0, 0.1) is 6.92 Å². The molecule has 0 bridgehead atoms. The van der Waals surface area contributed by atoms with Crippen molar-refractivity contribution in [1.29, 1.82) is 0 Å². The molecule has 0 unspecified atom stereocenters. The Kier molecular flexibility index (Phi) is 2.47. The number of rotatable bonds is 2. The first-order valence-corrected chi connectivity index (χ1v) is 5.34. The molecule has 0 N–H and O–H groups in total. The number of hydrogen-bond acceptors (Lipinski definition) is 1. The third kappa shape index (κ3) is 1.74. The number of nitrogens with zero attached hydrogens (tertiary/aromatic N) is 2. The van der Waals surface area contributed by atoms with Crippen molar-refractivity contribution in [3.05, 3.63) is 23.5 Å². The molecule has 0 saturated heterocycles. The second-order valence-corrected chi connectivity index (χ2v) is 4.22. The van der Waals surface area contributed by atoms with E-state index in [0.29, 0.717) is 6.54 Å². The highest BCUT2D eigenvalue weighted by Crippen LogP contribution is 2.13. The van der Waals surface area contributed by atoms with E-state index in [2.05, 4.69) is 35.1 Å². The Balaban J connectivity index is 2.40. The summed E-state index contributed by atoms with van der Waals surface area (Å²) < 4.78 is 4.48. The summed E-state index contributed by atoms with van der Waals surface area (Å²) in [7, 11) is 0. The fourth-order valence-corrected chi connectivity index (χ4v) is 2.20. The SMILES string of the molecule is CC(=O)C[N+]1=C(C)c2ccc(C)n2CC1. The molecule has 0 aromatic carbocycles. The first kappa shape index (κ1) is 10.1. The molecule has 3 heteroatoms. The van der Waals surface area contributed by atoms with E-state index in [4.69, 9.17) is 0 Å². The van der Waals surface area contributed by atoms with Crippen molar-refractivity contribution >= 4 is 11.5 Å². The Hall–Kier alpha value is -1.38. The zero-order chi connectivity index (χ0) is 11.0. The quantitative estimate of drug-likeness (QED) is 0.666. The lowest BCUT2D eigenvalue weighted by Gasteiger charge is -2.16. The predicted octanol–water partition coefficient (Wildman–Crippen LogP) is 1.22. The minimum absolute atomic E-state index is 0.228. The molecule has 0 radical (unpaired) electrons. The van der Waals surface area contributed by atoms with Gasteiger partial charge in [0, 0.05) is 19.5 Å². The van der Waals surface area contributed by atoms with Crippen LogP contribution in [-0.2, 0) is 11.3 Å². The van der Waals surface area contributed by atoms with Crippen molar-refractivity contribution in [2.24, 2.45) is 0 Å². The fourth-order valence-electron chi connectivity index (χ4n) is 2.20. The number of ketones is 1. The maximum Gasteiger partial charge on any atom is 0.201 e. The highest BCUT2D eigenvalue weighted by atomic mass is 16.1. The number of carbonyl (C=O) groups excluding carboxylic acids is 1. The van der Waals surface area contributed by atoms with Crippen molar-refractivity contribution in [2.45, 2.75) is 27.3 Å². The Morgan fingerprint density at radius 2 is 2.20 bits per heavy atom. The van der Waals surface area contributed by atoms with E-state index in [1.165, 1.54) is 17.1 Å². The molecule has 1 aliphatic heterocycles. The van der Waals surface area contributed by atoms with Gasteiger partial charge >= 0.3 is 0 Å². The van der Waals surface area contributed by atoms with Crippen LogP contribution in [0.5, 0.6) is 0 Å². The van der Waals surface area contributed by atoms with Gasteiger partial charge in [0.05, 0.1) is 6.54 Å². The molecular weight excluding hydrogens is 188 g/mol. The van der Waals surface area contributed by atoms with Crippen LogP contribution in [0.15, 0.2) is 12.1 Å². The first-order valence-electron chi connectivity index (χ1n) is 5.34. The third-order valence-electron chi connectivity index (χ3n) is 3.05. The molecule has 1 aromatic heterocycles. The van der Waals surface area contributed by atoms with E-state index in [1.807, 2.05) is 0 Å². The molecule has 3 nitrogen and oxygen atoms in total. The van der Waals surface area contributed by atoms with Gasteiger partial charge in [-0.1, -0.05) is 0 Å². The van der Waals surface area contributed by atoms with Gasteiger partial charge in [-0.3, -0.25) is 4.79 Å². The molecule has 1 aliphatic rings. The Bertz CT molecular complexity index is 440. The molecule has 80 valence electrons. The van der Waals surface area contributed by atoms with Gasteiger partial charge in [-0.15, -0.1) is 0 Å². The largest absolute Gasteiger partial charge is 0.334 e. The number of Topliss-reactive ketones (excluding diaryl/α,β-unsaturated/α-hetero) is 1. The lowest BCUT2D eigenvalue weighted by Crippen LogP contribution is -2.34. The van der Waals surface area contributed by atoms with Crippen LogP contribution in [0.2, 0.25) is 0 Å². The molecule has 0 aliphatic carbocycles. The van der Waals surface area contributed by atoms with Gasteiger partial charge in [-0.2, -0.15) is 0 Å². The second-order valence-electron chi connectivity index (χ2n) is 4.22. The minimum atomic E-state index is 0.228. The summed E-state index contributed by atoms with van der Waals surface area (Å²) in [6.07, 6.45) is 0. The Morgan fingerprint density at radius 1 is 1.47 bits per heavy atom. The van der Waals surface area contributed by atoms with Crippen LogP contribution in [0.4, 0.5) is 0 Å². The monoisotopic (exact) mass is 205 g/mol. The van der Waals surface area contributed by atoms with Gasteiger partial charge in [0.2, 0.25) is 6.54 Å². The maximum absolute atomic E-state index is 11.1. The summed E-state index contributed by atoms with van der Waals surface area (Å²) in [5.74, 6) is 0.228. The Morgan fingerprint density at radius 3 is 2.87 bits per heavy atom. The van der Waals surface area contributed by atoms with Crippen LogP contribution < -0.4 is 0 Å². The highest BCUT2D eigenvalue weighted by molar-refractivity contribution is 5.94. The summed E-state index contributed by atoms with van der Waals surface area (Å²) in [4.78, 5) is 11.1. The summed E-state index contributed by atoms with van der Waals surface area (Å²) in [5.41, 5.74) is 3.76. The molecule has 0 fully saturated rings. The zero-order valence-corrected chi connectivity index (χ0v) is 9.58. The average molecular weight is 205 g/mol. The standard InChI is InChI=1S/C12H17N2O/c1-9-4-5-12-11(3)13(8-10(2)15)6-7-14(9)12/h4-5H,6-8H2,1-3H3/q+1. The molecular formula is C12H17N2O+. The fraction of sp³-hybridized carbons (Fsp3) is 0.500. The lowest BCUT2D eigenvalue weighted by atomic mass is 10.2. The van der Waals surface area contributed by atoms with Crippen LogP contribution in [0.1, 0.15) is 25.2 Å². The van der Waals surface area contributed by atoms with Gasteiger partial charge in [0.15, 0.2) is 18.0 Å². The zero-order valence-electron chi connectivity index (χ0n) is 9.58. The molecule has 1 aromatic rings. The third-order valence-corrected chi connectivity index (χ3v) is 3.05. The molecule has 0 amide bonds. The molecule has 2 heterocycles. The van der Waals surface area contributed by atoms with Gasteiger partial charge < -0.3 is 4.57 Å². The smallest absolute Gasteiger partial charge is 0.201 e. The van der Waals surface area contributed by atoms with Crippen molar-refractivity contribution in [3.63, 3.8) is 0 Å². The van der Waals surface area contributed by atoms with Gasteiger partial charge in [0.1, 0.15) is 5.69 Å². The van der Waals surface area contributed by atoms with E-state index < -0.39 is 0 Å². The highest BCUT2D eigenvalue weighted by Gasteiger charge is 2.23. The first-order chi connectivity index (χ1) is 7.09. The van der Waals surface area contributed by atoms with Crippen molar-refractivity contribution in [3.8, 4) is 0 Å². The van der Waals surface area contributed by atoms with E-state index >= 15 is 0 Å². The van der Waals surface area contributed by atoms with Gasteiger partial charge in [0.25, 0.3) is 0 Å². The summed E-state index contributed by atoms with van der Waals surface area (Å²) >= 11 is 0. The summed E-state index contributed by atoms with van der Waals surface area (Å²) in [6, 6.07) is 4.27. The van der Waals surface area contributed by atoms with E-state index in [1.54, 1.807) is 6.92 Å². The minimum Gasteiger partial charge on any atom is -0.334 e. The normalized spacial score (nSPS) is 15.4. The van der Waals surface area contributed by atoms with E-state index in [-0.39, 0.29) is 5.78 Å². The van der Waals surface area contributed by atoms with Crippen molar-refractivity contribution in [2.75, 3.05) is 13.1 Å². The number of carbonyl (C=O) groups is 1. The number of hydrogen-bond donors (Lipinski definition) is 0. The molecule has 0 saturated carbocycles. The van der Waals surface area contributed by atoms with Crippen molar-refractivity contribution in [1.82, 2.24) is 4.57 Å². The molecule has 15 heavy (non-hydrogen) atoms. The number of aromatic nitrogens is 1. The predicted molar refractivity (Wildman–Crippen MR) is 59.6 cm³/mol. The summed E-state index contributed by atoms with van der Waals surface area (Å²) in [5, 5.41) is 0. The van der Waals surface area contributed by atoms with Crippen LogP contribution in [0.25, 0.3) is 0 Å². The lowest BCUT2D eigenvalue weighted by molar-refractivity contribution is -0.520. The van der Waals surface area contributed by atoms with E-state index in [0.717, 1.165) is 13.1 Å². The van der Waals surface area contributed by atoms with Gasteiger partial charge in [-0.05, 0) is 19.1 Å². The average Bonchev–Trinajstić information content (AvgIpc) is 2.53. The van der Waals surface area contributed by atoms with Crippen LogP contribution in [0.3, 0.4) is 0 Å². The molecule has 2 rings (SSSR count). The summed E-state index contributed by atoms with van der Waals surface area (Å²) in [6.45, 7) is 8.32. The van der Waals surface area contributed by atoms with E-state index in [9.17, 15) is 4.79 Å².